The van der Waals surface area contributed by atoms with Crippen LogP contribution in [0.3, 0.4) is 0 Å². The molecule has 0 fully saturated rings. The van der Waals surface area contributed by atoms with Crippen molar-refractivity contribution in [1.29, 1.82) is 0 Å². The highest BCUT2D eigenvalue weighted by Gasteiger charge is 2.05. The van der Waals surface area contributed by atoms with E-state index in [0.717, 1.165) is 19.5 Å². The molecule has 4 heteroatoms. The summed E-state index contributed by atoms with van der Waals surface area (Å²) in [6.07, 6.45) is 9.00. The Kier molecular flexibility index (Phi) is 8.05. The molecule has 1 aliphatic rings. The molecule has 0 atom stereocenters. The standard InChI is InChI=1S/C11H18N2O.ClH/c1-3-4-8-14-12-9-11-6-5-7-13(2)10-11;/h3-4,6,9H,5,7-8,10H2,1-2H3;1H/b4-3+,12-9+;. The summed E-state index contributed by atoms with van der Waals surface area (Å²) in [6, 6.07) is 0. The Morgan fingerprint density at radius 2 is 2.40 bits per heavy atom. The zero-order chi connectivity index (χ0) is 10.2. The second-order valence-corrected chi connectivity index (χ2v) is 3.40. The van der Waals surface area contributed by atoms with E-state index in [1.807, 2.05) is 19.1 Å². The minimum absolute atomic E-state index is 0. The smallest absolute Gasteiger partial charge is 0.135 e. The van der Waals surface area contributed by atoms with Gasteiger partial charge in [-0.25, -0.2) is 0 Å². The van der Waals surface area contributed by atoms with Gasteiger partial charge in [0.05, 0.1) is 6.21 Å². The Labute approximate surface area is 97.9 Å². The lowest BCUT2D eigenvalue weighted by Crippen LogP contribution is -2.25. The third kappa shape index (κ3) is 6.31. The van der Waals surface area contributed by atoms with Crippen molar-refractivity contribution in [3.63, 3.8) is 0 Å². The maximum Gasteiger partial charge on any atom is 0.135 e. The Morgan fingerprint density at radius 1 is 1.60 bits per heavy atom. The average Bonchev–Trinajstić information content (AvgIpc) is 2.18. The van der Waals surface area contributed by atoms with Crippen LogP contribution < -0.4 is 0 Å². The fourth-order valence-electron chi connectivity index (χ4n) is 1.31. The number of nitrogens with zero attached hydrogens (tertiary/aromatic N) is 2. The van der Waals surface area contributed by atoms with Crippen LogP contribution in [0.1, 0.15) is 13.3 Å². The highest BCUT2D eigenvalue weighted by atomic mass is 35.5. The second kappa shape index (κ2) is 8.50. The van der Waals surface area contributed by atoms with Gasteiger partial charge in [0.15, 0.2) is 0 Å². The fourth-order valence-corrected chi connectivity index (χ4v) is 1.31. The monoisotopic (exact) mass is 230 g/mol. The maximum absolute atomic E-state index is 5.04. The molecule has 86 valence electrons. The van der Waals surface area contributed by atoms with Gasteiger partial charge >= 0.3 is 0 Å². The van der Waals surface area contributed by atoms with Crippen LogP contribution in [0.4, 0.5) is 0 Å². The molecule has 0 radical (unpaired) electrons. The van der Waals surface area contributed by atoms with Crippen molar-refractivity contribution >= 4 is 18.6 Å². The number of hydrogen-bond donors (Lipinski definition) is 0. The van der Waals surface area contributed by atoms with Gasteiger partial charge in [-0.3, -0.25) is 0 Å². The van der Waals surface area contributed by atoms with Gasteiger partial charge in [0.1, 0.15) is 6.61 Å². The van der Waals surface area contributed by atoms with Gasteiger partial charge in [-0.1, -0.05) is 17.3 Å². The first-order valence-corrected chi connectivity index (χ1v) is 4.97. The van der Waals surface area contributed by atoms with Crippen molar-refractivity contribution in [3.05, 3.63) is 23.8 Å². The molecule has 0 bridgehead atoms. The molecular formula is C11H19ClN2O. The lowest BCUT2D eigenvalue weighted by molar-refractivity contribution is 0.176. The highest BCUT2D eigenvalue weighted by Crippen LogP contribution is 2.05. The summed E-state index contributed by atoms with van der Waals surface area (Å²) in [4.78, 5) is 7.31. The highest BCUT2D eigenvalue weighted by molar-refractivity contribution is 5.85. The third-order valence-corrected chi connectivity index (χ3v) is 2.07. The van der Waals surface area contributed by atoms with Gasteiger partial charge in [-0.05, 0) is 32.0 Å². The molecule has 3 nitrogen and oxygen atoms in total. The minimum Gasteiger partial charge on any atom is -0.392 e. The topological polar surface area (TPSA) is 24.8 Å². The quantitative estimate of drug-likeness (QED) is 0.320. The van der Waals surface area contributed by atoms with Crippen LogP contribution >= 0.6 is 12.4 Å². The summed E-state index contributed by atoms with van der Waals surface area (Å²) in [5.74, 6) is 0. The molecule has 0 aromatic heterocycles. The van der Waals surface area contributed by atoms with Gasteiger partial charge in [-0.15, -0.1) is 12.4 Å². The lowest BCUT2D eigenvalue weighted by Gasteiger charge is -2.20. The zero-order valence-corrected chi connectivity index (χ0v) is 10.2. The predicted molar refractivity (Wildman–Crippen MR) is 66.7 cm³/mol. The Morgan fingerprint density at radius 3 is 3.07 bits per heavy atom. The Hall–Kier alpha value is -0.800. The van der Waals surface area contributed by atoms with E-state index in [1.54, 1.807) is 6.21 Å². The van der Waals surface area contributed by atoms with Crippen LogP contribution in [0, 0.1) is 0 Å². The van der Waals surface area contributed by atoms with E-state index in [9.17, 15) is 0 Å². The van der Waals surface area contributed by atoms with E-state index < -0.39 is 0 Å². The molecule has 1 aliphatic heterocycles. The summed E-state index contributed by atoms with van der Waals surface area (Å²) in [6.45, 7) is 4.62. The predicted octanol–water partition coefficient (Wildman–Crippen LogP) is 2.25. The van der Waals surface area contributed by atoms with Crippen LogP contribution in [0.2, 0.25) is 0 Å². The fraction of sp³-hybridized carbons (Fsp3) is 0.545. The summed E-state index contributed by atoms with van der Waals surface area (Å²) in [7, 11) is 2.11. The van der Waals surface area contributed by atoms with E-state index in [2.05, 4.69) is 23.2 Å². The average molecular weight is 231 g/mol. The third-order valence-electron chi connectivity index (χ3n) is 2.07. The van der Waals surface area contributed by atoms with E-state index in [-0.39, 0.29) is 12.4 Å². The number of halogens is 1. The number of likely N-dealkylation sites (N-methyl/N-ethyl adjacent to an activating group) is 1. The molecule has 0 aromatic rings. The van der Waals surface area contributed by atoms with E-state index in [0.29, 0.717) is 6.61 Å². The summed E-state index contributed by atoms with van der Waals surface area (Å²) in [5, 5.41) is 3.90. The van der Waals surface area contributed by atoms with Crippen LogP contribution in [0.15, 0.2) is 29.0 Å². The van der Waals surface area contributed by atoms with Crippen molar-refractivity contribution in [2.75, 3.05) is 26.7 Å². The van der Waals surface area contributed by atoms with E-state index >= 15 is 0 Å². The van der Waals surface area contributed by atoms with Gasteiger partial charge in [-0.2, -0.15) is 0 Å². The minimum atomic E-state index is 0. The largest absolute Gasteiger partial charge is 0.392 e. The number of allylic oxidation sites excluding steroid dienone is 1. The molecular weight excluding hydrogens is 212 g/mol. The first-order chi connectivity index (χ1) is 6.83. The van der Waals surface area contributed by atoms with E-state index in [4.69, 9.17) is 4.84 Å². The van der Waals surface area contributed by atoms with Crippen molar-refractivity contribution in [1.82, 2.24) is 4.90 Å². The molecule has 0 spiro atoms. The normalized spacial score (nSPS) is 17.9. The molecule has 0 aromatic carbocycles. The van der Waals surface area contributed by atoms with Gasteiger partial charge in [0, 0.05) is 13.1 Å². The van der Waals surface area contributed by atoms with Crippen molar-refractivity contribution in [2.24, 2.45) is 5.16 Å². The first kappa shape index (κ1) is 14.2. The molecule has 15 heavy (non-hydrogen) atoms. The molecule has 0 amide bonds. The molecule has 1 rings (SSSR count). The number of oxime groups is 1. The van der Waals surface area contributed by atoms with Gasteiger partial charge in [0.25, 0.3) is 0 Å². The molecule has 0 saturated heterocycles. The van der Waals surface area contributed by atoms with Crippen LogP contribution in [0.5, 0.6) is 0 Å². The Bertz CT molecular complexity index is 249. The van der Waals surface area contributed by atoms with Crippen molar-refractivity contribution < 1.29 is 4.84 Å². The number of hydrogen-bond acceptors (Lipinski definition) is 3. The van der Waals surface area contributed by atoms with E-state index in [1.165, 1.54) is 5.57 Å². The molecule has 0 saturated carbocycles. The lowest BCUT2D eigenvalue weighted by atomic mass is 10.1. The van der Waals surface area contributed by atoms with Crippen LogP contribution in [0.25, 0.3) is 0 Å². The van der Waals surface area contributed by atoms with Crippen molar-refractivity contribution in [2.45, 2.75) is 13.3 Å². The van der Waals surface area contributed by atoms with Crippen LogP contribution in [-0.4, -0.2) is 37.9 Å². The Balaban J connectivity index is 0.00000196. The van der Waals surface area contributed by atoms with Gasteiger partial charge < -0.3 is 9.74 Å². The summed E-state index contributed by atoms with van der Waals surface area (Å²) < 4.78 is 0. The summed E-state index contributed by atoms with van der Waals surface area (Å²) in [5.41, 5.74) is 1.24. The summed E-state index contributed by atoms with van der Waals surface area (Å²) >= 11 is 0. The maximum atomic E-state index is 5.04. The molecule has 0 unspecified atom stereocenters. The van der Waals surface area contributed by atoms with Gasteiger partial charge in [0.2, 0.25) is 0 Å². The first-order valence-electron chi connectivity index (χ1n) is 4.97. The molecule has 0 N–H and O–H groups in total. The van der Waals surface area contributed by atoms with Crippen LogP contribution in [-0.2, 0) is 4.84 Å². The van der Waals surface area contributed by atoms with Crippen molar-refractivity contribution in [3.8, 4) is 0 Å². The molecule has 1 heterocycles. The second-order valence-electron chi connectivity index (χ2n) is 3.40. The molecule has 0 aliphatic carbocycles. The SMILES string of the molecule is C/C=C/CO/N=C/C1=CCCN(C)C1.Cl. The zero-order valence-electron chi connectivity index (χ0n) is 9.35. The number of rotatable bonds is 4.